The lowest BCUT2D eigenvalue weighted by molar-refractivity contribution is -0.140. The maximum absolute atomic E-state index is 11.8. The minimum atomic E-state index is 0.315. The summed E-state index contributed by atoms with van der Waals surface area (Å²) < 4.78 is 5.06. The van der Waals surface area contributed by atoms with Gasteiger partial charge in [-0.1, -0.05) is 0 Å². The first-order chi connectivity index (χ1) is 7.33. The van der Waals surface area contributed by atoms with Gasteiger partial charge >= 0.3 is 0 Å². The second kappa shape index (κ2) is 4.94. The van der Waals surface area contributed by atoms with Crippen LogP contribution in [-0.2, 0) is 9.53 Å². The number of carbonyl (C=O) groups excluding carboxylic acids is 1. The molecule has 2 heterocycles. The van der Waals surface area contributed by atoms with Crippen LogP contribution in [0.15, 0.2) is 0 Å². The van der Waals surface area contributed by atoms with E-state index in [9.17, 15) is 4.79 Å². The molecule has 2 saturated heterocycles. The molecule has 1 N–H and O–H groups in total. The van der Waals surface area contributed by atoms with Crippen LogP contribution in [0, 0.1) is 5.92 Å². The van der Waals surface area contributed by atoms with E-state index in [1.165, 1.54) is 0 Å². The van der Waals surface area contributed by atoms with Crippen LogP contribution >= 0.6 is 0 Å². The van der Waals surface area contributed by atoms with Crippen LogP contribution in [0.4, 0.5) is 0 Å². The van der Waals surface area contributed by atoms with Crippen LogP contribution in [0.5, 0.6) is 0 Å². The van der Waals surface area contributed by atoms with Crippen molar-refractivity contribution in [3.8, 4) is 0 Å². The first kappa shape index (κ1) is 10.9. The van der Waals surface area contributed by atoms with E-state index in [1.807, 2.05) is 4.90 Å². The monoisotopic (exact) mass is 212 g/mol. The summed E-state index contributed by atoms with van der Waals surface area (Å²) in [5.41, 5.74) is 0. The van der Waals surface area contributed by atoms with Crippen molar-refractivity contribution in [2.24, 2.45) is 5.92 Å². The summed E-state index contributed by atoms with van der Waals surface area (Å²) >= 11 is 0. The highest BCUT2D eigenvalue weighted by Gasteiger charge is 2.36. The summed E-state index contributed by atoms with van der Waals surface area (Å²) in [5.74, 6) is 0.975. The molecule has 2 fully saturated rings. The fourth-order valence-electron chi connectivity index (χ4n) is 2.73. The number of piperidine rings is 2. The lowest BCUT2D eigenvalue weighted by Gasteiger charge is -2.44. The third-order valence-electron chi connectivity index (χ3n) is 3.55. The lowest BCUT2D eigenvalue weighted by atomic mass is 9.84. The second-order valence-corrected chi connectivity index (χ2v) is 4.44. The largest absolute Gasteiger partial charge is 0.383 e. The Kier molecular flexibility index (Phi) is 3.59. The molecule has 15 heavy (non-hydrogen) atoms. The molecular weight excluding hydrogens is 192 g/mol. The molecule has 0 unspecified atom stereocenters. The molecule has 2 aliphatic heterocycles. The van der Waals surface area contributed by atoms with Crippen molar-refractivity contribution in [3.05, 3.63) is 0 Å². The number of likely N-dealkylation sites (tertiary alicyclic amines) is 1. The van der Waals surface area contributed by atoms with Crippen molar-refractivity contribution in [2.45, 2.75) is 25.3 Å². The minimum Gasteiger partial charge on any atom is -0.383 e. The molecule has 86 valence electrons. The van der Waals surface area contributed by atoms with Crippen LogP contribution < -0.4 is 5.32 Å². The third kappa shape index (κ3) is 2.32. The molecule has 2 aliphatic rings. The lowest BCUT2D eigenvalue weighted by Crippen LogP contribution is -2.55. The number of carbonyl (C=O) groups is 1. The summed E-state index contributed by atoms with van der Waals surface area (Å²) in [6.45, 7) is 3.53. The Bertz CT molecular complexity index is 233. The van der Waals surface area contributed by atoms with Gasteiger partial charge in [0.15, 0.2) is 0 Å². The summed E-state index contributed by atoms with van der Waals surface area (Å²) in [5, 5.41) is 3.41. The van der Waals surface area contributed by atoms with Gasteiger partial charge in [-0.25, -0.2) is 0 Å². The first-order valence-electron chi connectivity index (χ1n) is 5.82. The van der Waals surface area contributed by atoms with E-state index in [4.69, 9.17) is 4.74 Å². The van der Waals surface area contributed by atoms with Gasteiger partial charge < -0.3 is 15.0 Å². The number of methoxy groups -OCH3 is 1. The van der Waals surface area contributed by atoms with Gasteiger partial charge in [-0.05, 0) is 31.8 Å². The number of hydrogen-bond acceptors (Lipinski definition) is 3. The Morgan fingerprint density at radius 3 is 3.20 bits per heavy atom. The summed E-state index contributed by atoms with van der Waals surface area (Å²) in [6, 6.07) is 0.461. The molecule has 0 aromatic heterocycles. The Morgan fingerprint density at radius 2 is 2.40 bits per heavy atom. The highest BCUT2D eigenvalue weighted by atomic mass is 16.5. The van der Waals surface area contributed by atoms with Crippen LogP contribution in [0.3, 0.4) is 0 Å². The quantitative estimate of drug-likeness (QED) is 0.728. The number of nitrogens with zero attached hydrogens (tertiary/aromatic N) is 1. The smallest absolute Gasteiger partial charge is 0.222 e. The Morgan fingerprint density at radius 1 is 1.53 bits per heavy atom. The summed E-state index contributed by atoms with van der Waals surface area (Å²) in [6.07, 6.45) is 2.87. The highest BCUT2D eigenvalue weighted by molar-refractivity contribution is 5.77. The van der Waals surface area contributed by atoms with Gasteiger partial charge in [0.25, 0.3) is 0 Å². The standard InChI is InChI=1S/C11H20N2O2/c1-15-7-6-13-10-4-5-12-8-9(10)2-3-11(13)14/h9-10,12H,2-8H2,1H3/t9-,10+/m1/s1. The van der Waals surface area contributed by atoms with Gasteiger partial charge in [0.1, 0.15) is 0 Å². The SMILES string of the molecule is COCCN1C(=O)CC[C@@H]2CNCC[C@@H]21. The van der Waals surface area contributed by atoms with Gasteiger partial charge in [0.2, 0.25) is 5.91 Å². The zero-order chi connectivity index (χ0) is 10.7. The van der Waals surface area contributed by atoms with Crippen LogP contribution in [0.1, 0.15) is 19.3 Å². The highest BCUT2D eigenvalue weighted by Crippen LogP contribution is 2.28. The molecule has 0 spiro atoms. The van der Waals surface area contributed by atoms with E-state index >= 15 is 0 Å². The normalized spacial score (nSPS) is 31.5. The minimum absolute atomic E-state index is 0.315. The van der Waals surface area contributed by atoms with Crippen molar-refractivity contribution in [2.75, 3.05) is 33.4 Å². The molecule has 0 aliphatic carbocycles. The van der Waals surface area contributed by atoms with E-state index in [1.54, 1.807) is 7.11 Å². The maximum Gasteiger partial charge on any atom is 0.222 e. The fourth-order valence-corrected chi connectivity index (χ4v) is 2.73. The van der Waals surface area contributed by atoms with Crippen molar-refractivity contribution < 1.29 is 9.53 Å². The first-order valence-corrected chi connectivity index (χ1v) is 5.82. The number of fused-ring (bicyclic) bond motifs is 1. The Hall–Kier alpha value is -0.610. The molecule has 2 atom stereocenters. The molecule has 2 rings (SSSR count). The summed E-state index contributed by atoms with van der Waals surface area (Å²) in [4.78, 5) is 13.8. The number of ether oxygens (including phenoxy) is 1. The molecule has 0 radical (unpaired) electrons. The molecule has 0 saturated carbocycles. The predicted molar refractivity (Wildman–Crippen MR) is 57.6 cm³/mol. The summed E-state index contributed by atoms with van der Waals surface area (Å²) in [7, 11) is 1.69. The van der Waals surface area contributed by atoms with Crippen LogP contribution in [-0.4, -0.2) is 50.2 Å². The van der Waals surface area contributed by atoms with Gasteiger partial charge in [0.05, 0.1) is 6.61 Å². The van der Waals surface area contributed by atoms with Gasteiger partial charge in [-0.3, -0.25) is 4.79 Å². The number of nitrogens with one attached hydrogen (secondary N) is 1. The predicted octanol–water partition coefficient (Wildman–Crippen LogP) is 0.233. The molecule has 0 bridgehead atoms. The molecule has 0 aromatic carbocycles. The van der Waals surface area contributed by atoms with Crippen LogP contribution in [0.25, 0.3) is 0 Å². The second-order valence-electron chi connectivity index (χ2n) is 4.44. The Balaban J connectivity index is 1.99. The van der Waals surface area contributed by atoms with Gasteiger partial charge in [-0.2, -0.15) is 0 Å². The van der Waals surface area contributed by atoms with Gasteiger partial charge in [0, 0.05) is 26.1 Å². The molecule has 1 amide bonds. The van der Waals surface area contributed by atoms with E-state index in [0.717, 1.165) is 32.5 Å². The zero-order valence-electron chi connectivity index (χ0n) is 9.37. The van der Waals surface area contributed by atoms with Crippen LogP contribution in [0.2, 0.25) is 0 Å². The molecular formula is C11H20N2O2. The zero-order valence-corrected chi connectivity index (χ0v) is 9.37. The van der Waals surface area contributed by atoms with E-state index in [0.29, 0.717) is 30.9 Å². The van der Waals surface area contributed by atoms with Gasteiger partial charge in [-0.15, -0.1) is 0 Å². The third-order valence-corrected chi connectivity index (χ3v) is 3.55. The van der Waals surface area contributed by atoms with E-state index in [-0.39, 0.29) is 0 Å². The molecule has 4 heteroatoms. The molecule has 0 aromatic rings. The number of hydrogen-bond donors (Lipinski definition) is 1. The average Bonchev–Trinajstić information content (AvgIpc) is 2.28. The van der Waals surface area contributed by atoms with E-state index in [2.05, 4.69) is 5.32 Å². The van der Waals surface area contributed by atoms with E-state index < -0.39 is 0 Å². The maximum atomic E-state index is 11.8. The molecule has 4 nitrogen and oxygen atoms in total. The Labute approximate surface area is 91.0 Å². The number of amides is 1. The fraction of sp³-hybridized carbons (Fsp3) is 0.909. The van der Waals surface area contributed by atoms with Crippen molar-refractivity contribution in [1.29, 1.82) is 0 Å². The number of rotatable bonds is 3. The topological polar surface area (TPSA) is 41.6 Å². The van der Waals surface area contributed by atoms with Crippen molar-refractivity contribution >= 4 is 5.91 Å². The van der Waals surface area contributed by atoms with Crippen molar-refractivity contribution in [3.63, 3.8) is 0 Å². The van der Waals surface area contributed by atoms with Crippen molar-refractivity contribution in [1.82, 2.24) is 10.2 Å². The average molecular weight is 212 g/mol.